The quantitative estimate of drug-likeness (QED) is 0.717. The van der Waals surface area contributed by atoms with E-state index in [1.54, 1.807) is 31.4 Å². The summed E-state index contributed by atoms with van der Waals surface area (Å²) in [6.07, 6.45) is 0.0758. The van der Waals surface area contributed by atoms with Crippen LogP contribution in [0.2, 0.25) is 0 Å². The maximum absolute atomic E-state index is 13.0. The Labute approximate surface area is 171 Å². The van der Waals surface area contributed by atoms with Crippen LogP contribution >= 0.6 is 0 Å². The SMILES string of the molecule is COc1ccc(C2=C(Nc3ccc(OC(C)C)cc3)C(=O)N(C(C)C)C2=O)cc1. The number of imide groups is 1. The molecule has 0 bridgehead atoms. The van der Waals surface area contributed by atoms with Gasteiger partial charge in [0, 0.05) is 11.7 Å². The van der Waals surface area contributed by atoms with Gasteiger partial charge in [0.15, 0.2) is 0 Å². The number of benzene rings is 2. The molecule has 152 valence electrons. The number of rotatable bonds is 7. The van der Waals surface area contributed by atoms with Crippen molar-refractivity contribution in [3.8, 4) is 11.5 Å². The Morgan fingerprint density at radius 2 is 1.41 bits per heavy atom. The van der Waals surface area contributed by atoms with Gasteiger partial charge in [0.05, 0.1) is 18.8 Å². The van der Waals surface area contributed by atoms with Crippen molar-refractivity contribution in [3.05, 3.63) is 59.8 Å². The second-order valence-electron chi connectivity index (χ2n) is 7.37. The van der Waals surface area contributed by atoms with Crippen LogP contribution in [0.15, 0.2) is 54.2 Å². The second kappa shape index (κ2) is 8.39. The van der Waals surface area contributed by atoms with Crippen LogP contribution in [0.25, 0.3) is 5.57 Å². The summed E-state index contributed by atoms with van der Waals surface area (Å²) >= 11 is 0. The fourth-order valence-corrected chi connectivity index (χ4v) is 3.19. The molecule has 6 heteroatoms. The van der Waals surface area contributed by atoms with Crippen molar-refractivity contribution in [1.82, 2.24) is 4.90 Å². The molecule has 0 spiro atoms. The Balaban J connectivity index is 1.98. The first-order chi connectivity index (χ1) is 13.8. The summed E-state index contributed by atoms with van der Waals surface area (Å²) in [7, 11) is 1.58. The molecule has 0 aliphatic carbocycles. The van der Waals surface area contributed by atoms with Crippen molar-refractivity contribution in [2.75, 3.05) is 12.4 Å². The third-order valence-corrected chi connectivity index (χ3v) is 4.51. The molecular formula is C23H26N2O4. The Morgan fingerprint density at radius 1 is 0.828 bits per heavy atom. The lowest BCUT2D eigenvalue weighted by molar-refractivity contribution is -0.138. The van der Waals surface area contributed by atoms with Crippen molar-refractivity contribution in [1.29, 1.82) is 0 Å². The Bertz CT molecular complexity index is 928. The predicted molar refractivity (Wildman–Crippen MR) is 113 cm³/mol. The summed E-state index contributed by atoms with van der Waals surface area (Å²) in [5, 5.41) is 3.14. The summed E-state index contributed by atoms with van der Waals surface area (Å²) in [5.74, 6) is 0.783. The highest BCUT2D eigenvalue weighted by molar-refractivity contribution is 6.36. The van der Waals surface area contributed by atoms with Crippen molar-refractivity contribution in [2.24, 2.45) is 0 Å². The topological polar surface area (TPSA) is 67.9 Å². The normalized spacial score (nSPS) is 14.2. The van der Waals surface area contributed by atoms with E-state index in [0.29, 0.717) is 22.6 Å². The smallest absolute Gasteiger partial charge is 0.278 e. The van der Waals surface area contributed by atoms with Gasteiger partial charge in [-0.2, -0.15) is 0 Å². The van der Waals surface area contributed by atoms with Gasteiger partial charge in [-0.15, -0.1) is 0 Å². The van der Waals surface area contributed by atoms with Gasteiger partial charge in [-0.1, -0.05) is 12.1 Å². The van der Waals surface area contributed by atoms with Crippen LogP contribution in [-0.2, 0) is 9.59 Å². The van der Waals surface area contributed by atoms with Crippen molar-refractivity contribution >= 4 is 23.1 Å². The largest absolute Gasteiger partial charge is 0.497 e. The number of methoxy groups -OCH3 is 1. The highest BCUT2D eigenvalue weighted by Gasteiger charge is 2.40. The van der Waals surface area contributed by atoms with Crippen LogP contribution < -0.4 is 14.8 Å². The molecule has 0 aromatic heterocycles. The van der Waals surface area contributed by atoms with E-state index in [9.17, 15) is 9.59 Å². The second-order valence-corrected chi connectivity index (χ2v) is 7.37. The van der Waals surface area contributed by atoms with E-state index in [1.165, 1.54) is 4.90 Å². The zero-order valence-corrected chi connectivity index (χ0v) is 17.4. The first-order valence-corrected chi connectivity index (χ1v) is 9.62. The minimum atomic E-state index is -0.335. The van der Waals surface area contributed by atoms with Crippen molar-refractivity contribution in [2.45, 2.75) is 39.8 Å². The number of hydrogen-bond donors (Lipinski definition) is 1. The summed E-state index contributed by atoms with van der Waals surface area (Å²) in [6.45, 7) is 7.56. The maximum atomic E-state index is 13.0. The van der Waals surface area contributed by atoms with Gasteiger partial charge in [0.2, 0.25) is 0 Å². The van der Waals surface area contributed by atoms with Crippen molar-refractivity contribution in [3.63, 3.8) is 0 Å². The molecule has 0 unspecified atom stereocenters. The summed E-state index contributed by atoms with van der Waals surface area (Å²) in [4.78, 5) is 27.3. The van der Waals surface area contributed by atoms with E-state index in [2.05, 4.69) is 5.32 Å². The molecule has 1 heterocycles. The van der Waals surface area contributed by atoms with Gasteiger partial charge >= 0.3 is 0 Å². The highest BCUT2D eigenvalue weighted by Crippen LogP contribution is 2.32. The van der Waals surface area contributed by atoms with Gasteiger partial charge in [-0.05, 0) is 69.7 Å². The molecule has 2 aromatic carbocycles. The molecular weight excluding hydrogens is 368 g/mol. The molecule has 0 saturated carbocycles. The van der Waals surface area contributed by atoms with Crippen LogP contribution in [0.3, 0.4) is 0 Å². The molecule has 0 fully saturated rings. The third-order valence-electron chi connectivity index (χ3n) is 4.51. The van der Waals surface area contributed by atoms with Crippen molar-refractivity contribution < 1.29 is 19.1 Å². The minimum Gasteiger partial charge on any atom is -0.497 e. The van der Waals surface area contributed by atoms with Crippen LogP contribution in [-0.4, -0.2) is 36.0 Å². The summed E-state index contributed by atoms with van der Waals surface area (Å²) in [6, 6.07) is 14.2. The zero-order chi connectivity index (χ0) is 21.1. The lowest BCUT2D eigenvalue weighted by Crippen LogP contribution is -2.38. The minimum absolute atomic E-state index is 0.0758. The number of ether oxygens (including phenoxy) is 2. The van der Waals surface area contributed by atoms with Crippen LogP contribution in [0.5, 0.6) is 11.5 Å². The first kappa shape index (κ1) is 20.5. The molecule has 0 saturated heterocycles. The number of amides is 2. The molecule has 2 aromatic rings. The van der Waals surface area contributed by atoms with E-state index in [4.69, 9.17) is 9.47 Å². The third kappa shape index (κ3) is 4.26. The maximum Gasteiger partial charge on any atom is 0.278 e. The van der Waals surface area contributed by atoms with Crippen LogP contribution in [0.4, 0.5) is 5.69 Å². The molecule has 0 atom stereocenters. The van der Waals surface area contributed by atoms with E-state index in [1.807, 2.05) is 52.0 Å². The molecule has 0 radical (unpaired) electrons. The number of carbonyl (C=O) groups excluding carboxylic acids is 2. The Morgan fingerprint density at radius 3 is 1.93 bits per heavy atom. The van der Waals surface area contributed by atoms with E-state index < -0.39 is 0 Å². The average molecular weight is 394 g/mol. The lowest BCUT2D eigenvalue weighted by atomic mass is 10.0. The molecule has 1 aliphatic rings. The summed E-state index contributed by atoms with van der Waals surface area (Å²) < 4.78 is 10.9. The average Bonchev–Trinajstić information content (AvgIpc) is 2.93. The van der Waals surface area contributed by atoms with E-state index in [0.717, 1.165) is 5.75 Å². The first-order valence-electron chi connectivity index (χ1n) is 9.62. The van der Waals surface area contributed by atoms with E-state index in [-0.39, 0.29) is 29.7 Å². The molecule has 2 amide bonds. The Kier molecular flexibility index (Phi) is 5.92. The van der Waals surface area contributed by atoms with Gasteiger partial charge in [0.1, 0.15) is 17.2 Å². The summed E-state index contributed by atoms with van der Waals surface area (Å²) in [5.41, 5.74) is 1.99. The van der Waals surface area contributed by atoms with Gasteiger partial charge in [-0.3, -0.25) is 14.5 Å². The molecule has 1 aliphatic heterocycles. The predicted octanol–water partition coefficient (Wildman–Crippen LogP) is 4.08. The number of anilines is 1. The monoisotopic (exact) mass is 394 g/mol. The number of carbonyl (C=O) groups is 2. The molecule has 29 heavy (non-hydrogen) atoms. The Hall–Kier alpha value is -3.28. The molecule has 6 nitrogen and oxygen atoms in total. The number of nitrogens with zero attached hydrogens (tertiary/aromatic N) is 1. The number of hydrogen-bond acceptors (Lipinski definition) is 5. The fraction of sp³-hybridized carbons (Fsp3) is 0.304. The molecule has 1 N–H and O–H groups in total. The lowest BCUT2D eigenvalue weighted by Gasteiger charge is -2.19. The van der Waals surface area contributed by atoms with E-state index >= 15 is 0 Å². The molecule has 3 rings (SSSR count). The van der Waals surface area contributed by atoms with Gasteiger partial charge in [-0.25, -0.2) is 0 Å². The zero-order valence-electron chi connectivity index (χ0n) is 17.4. The standard InChI is InChI=1S/C23H26N2O4/c1-14(2)25-22(26)20(16-6-10-18(28-5)11-7-16)21(23(25)27)24-17-8-12-19(13-9-17)29-15(3)4/h6-15,24H,1-5H3. The van der Waals surface area contributed by atoms with Gasteiger partial charge < -0.3 is 14.8 Å². The highest BCUT2D eigenvalue weighted by atomic mass is 16.5. The van der Waals surface area contributed by atoms with Crippen LogP contribution in [0, 0.1) is 0 Å². The van der Waals surface area contributed by atoms with Gasteiger partial charge in [0.25, 0.3) is 11.8 Å². The van der Waals surface area contributed by atoms with Crippen LogP contribution in [0.1, 0.15) is 33.3 Å². The fourth-order valence-electron chi connectivity index (χ4n) is 3.19. The number of nitrogens with one attached hydrogen (secondary N) is 1.